The number of imidazole rings is 3. The third kappa shape index (κ3) is 42.1. The number of H-pyrrole nitrogens is 6. The van der Waals surface area contributed by atoms with Crippen molar-refractivity contribution in [3.05, 3.63) is 354 Å². The van der Waals surface area contributed by atoms with E-state index in [1.165, 1.54) is 64.1 Å². The number of hydrogen-bond donors (Lipinski definition) is 6. The molecule has 18 aromatic rings. The van der Waals surface area contributed by atoms with Crippen molar-refractivity contribution in [2.24, 2.45) is 0 Å². The molecule has 15 heterocycles. The van der Waals surface area contributed by atoms with Crippen LogP contribution < -0.4 is 0 Å². The number of aromatic nitrogens is 22. The van der Waals surface area contributed by atoms with Crippen molar-refractivity contribution in [3.8, 4) is 0 Å². The number of rotatable bonds is 0. The molecule has 15 aromatic heterocycles. The summed E-state index contributed by atoms with van der Waals surface area (Å²) in [4.78, 5) is 56.2. The maximum absolute atomic E-state index is 4.58. The molecule has 0 spiro atoms. The smallest absolute Gasteiger partial charge is 0.137 e. The van der Waals surface area contributed by atoms with Gasteiger partial charge in [-0.1, -0.05) is 59.8 Å². The number of benzene rings is 3. The van der Waals surface area contributed by atoms with Crippen LogP contribution in [-0.2, 0) is 0 Å². The Labute approximate surface area is 536 Å². The minimum Gasteiger partial charge on any atom is -0.473 e. The van der Waals surface area contributed by atoms with Crippen molar-refractivity contribution in [3.63, 3.8) is 0 Å². The average Bonchev–Trinajstić information content (AvgIpc) is 4.31. The normalized spacial score (nSPS) is 8.66. The van der Waals surface area contributed by atoms with Crippen LogP contribution in [0.3, 0.4) is 0 Å². The van der Waals surface area contributed by atoms with Gasteiger partial charge in [0, 0.05) is 139 Å². The van der Waals surface area contributed by atoms with E-state index in [2.05, 4.69) is 173 Å². The van der Waals surface area contributed by atoms with Gasteiger partial charge >= 0.3 is 0 Å². The van der Waals surface area contributed by atoms with Crippen molar-refractivity contribution in [1.29, 1.82) is 0 Å². The molecule has 460 valence electrons. The van der Waals surface area contributed by atoms with E-state index in [0.29, 0.717) is 0 Å². The predicted molar refractivity (Wildman–Crippen MR) is 358 cm³/mol. The van der Waals surface area contributed by atoms with Gasteiger partial charge in [-0.3, -0.25) is 30.1 Å². The second-order valence-electron chi connectivity index (χ2n) is 15.5. The number of thiophene rings is 1. The van der Waals surface area contributed by atoms with Gasteiger partial charge in [0.2, 0.25) is 0 Å². The van der Waals surface area contributed by atoms with Gasteiger partial charge in [-0.2, -0.15) is 10.2 Å². The Hall–Kier alpha value is -12.5. The first-order valence-corrected chi connectivity index (χ1v) is 29.4. The lowest BCUT2D eigenvalue weighted by Crippen LogP contribution is -1.66. The monoisotopic (exact) mass is 1270 g/mol. The quantitative estimate of drug-likeness (QED) is 0.0821. The van der Waals surface area contributed by atoms with Crippen molar-refractivity contribution in [1.82, 2.24) is 110 Å². The minimum atomic E-state index is 1.03. The van der Waals surface area contributed by atoms with E-state index >= 15 is 0 Å². The largest absolute Gasteiger partial charge is 0.473 e. The molecule has 27 heteroatoms. The molecular formula is C64H64N22O2S3. The van der Waals surface area contributed by atoms with Crippen LogP contribution in [0, 0.1) is 0 Å². The molecule has 0 amide bonds. The Bertz CT molecular complexity index is 3090. The standard InChI is InChI=1S/C8H7N.C8H6S.C7H6N2.C5H5N.3C4H4N2.C4H4O.3C3H4N2.C3H3NO.2C3H3NS.C2H3N3/c2*1-2-4-8-7(3-1)5-6-9-8;1-2-4-7-6(3-1)8-5-9-7;1-2-4-6-5-3-1;1-2-6-4-3-5-1;2*1-2-5-4-6-3-1;1-2-4-5-3-1;2*1-2-5-3-4-1;2*1-2-4-5-3-1;1-2-5-3-4-1;1-2-4-5-3-1;1-3-2-5-4-1/h1-6,9H;1-6H;1-5H,(H,8,9);1-5H;3*1-4H;1-4H;3*1-3H,(H,4,5);3*1-3H;1-2H,(H,3,4,5). The first-order chi connectivity index (χ1) is 45.4. The van der Waals surface area contributed by atoms with Crippen LogP contribution in [0.2, 0.25) is 0 Å². The highest BCUT2D eigenvalue weighted by Crippen LogP contribution is 2.19. The summed E-state index contributed by atoms with van der Waals surface area (Å²) in [6.07, 6.45) is 49.9. The number of furan rings is 1. The van der Waals surface area contributed by atoms with Crippen LogP contribution >= 0.6 is 34.2 Å². The Kier molecular flexibility index (Phi) is 43.2. The maximum Gasteiger partial charge on any atom is 0.137 e. The average molecular weight is 1270 g/mol. The zero-order valence-electron chi connectivity index (χ0n) is 48.7. The fourth-order valence-corrected chi connectivity index (χ4v) is 6.91. The summed E-state index contributed by atoms with van der Waals surface area (Å²) < 4.78 is 14.1. The minimum absolute atomic E-state index is 1.03. The second-order valence-corrected chi connectivity index (χ2v) is 17.9. The highest BCUT2D eigenvalue weighted by molar-refractivity contribution is 7.17. The molecule has 0 fully saturated rings. The first-order valence-electron chi connectivity index (χ1n) is 26.7. The zero-order chi connectivity index (χ0) is 63.6. The van der Waals surface area contributed by atoms with Gasteiger partial charge in [-0.25, -0.2) is 44.2 Å². The van der Waals surface area contributed by atoms with E-state index in [-0.39, 0.29) is 0 Å². The molecule has 0 unspecified atom stereocenters. The molecule has 91 heavy (non-hydrogen) atoms. The van der Waals surface area contributed by atoms with E-state index in [9.17, 15) is 0 Å². The Morgan fingerprint density at radius 1 is 0.352 bits per heavy atom. The lowest BCUT2D eigenvalue weighted by Gasteiger charge is -1.83. The predicted octanol–water partition coefficient (Wildman–Crippen LogP) is 14.4. The number of thiazole rings is 1. The summed E-state index contributed by atoms with van der Waals surface area (Å²) >= 11 is 4.85. The molecule has 0 saturated carbocycles. The molecule has 0 atom stereocenters. The SMILES string of the molecule is c1c[nH]cn1.c1c[nH]cn1.c1ccc2[nH]ccc2c1.c1ccc2[nH]cnc2c1.c1ccc2sccc2c1.c1ccncc1.c1ccoc1.c1cn[nH]c1.c1cnccn1.c1cncnc1.c1cncnc1.c1cnoc1.c1cnsc1.c1cscn1.c1nc[nH]n1. The lowest BCUT2D eigenvalue weighted by atomic mass is 10.3. The Balaban J connectivity index is 0.000000209. The van der Waals surface area contributed by atoms with Crippen LogP contribution in [-0.4, -0.2) is 110 Å². The molecule has 0 aliphatic carbocycles. The van der Waals surface area contributed by atoms with Crippen molar-refractivity contribution >= 4 is 66.2 Å². The summed E-state index contributed by atoms with van der Waals surface area (Å²) in [5, 5.41) is 24.1. The summed E-state index contributed by atoms with van der Waals surface area (Å²) in [5.41, 5.74) is 5.12. The number of aromatic amines is 6. The highest BCUT2D eigenvalue weighted by atomic mass is 32.1. The van der Waals surface area contributed by atoms with Crippen LogP contribution in [0.15, 0.2) is 363 Å². The summed E-state index contributed by atoms with van der Waals surface area (Å²) in [5.74, 6) is 0. The van der Waals surface area contributed by atoms with E-state index < -0.39 is 0 Å². The summed E-state index contributed by atoms with van der Waals surface area (Å²) in [6, 6.07) is 47.2. The highest BCUT2D eigenvalue weighted by Gasteiger charge is 1.90. The van der Waals surface area contributed by atoms with Gasteiger partial charge in [-0.05, 0) is 119 Å². The summed E-state index contributed by atoms with van der Waals surface area (Å²) in [7, 11) is 0. The molecule has 0 aliphatic heterocycles. The molecule has 18 rings (SSSR count). The maximum atomic E-state index is 4.58. The molecule has 0 bridgehead atoms. The number of nitrogens with zero attached hydrogens (tertiary/aromatic N) is 16. The topological polar surface area (TPSA) is 327 Å². The van der Waals surface area contributed by atoms with Gasteiger partial charge in [0.05, 0.1) is 54.2 Å². The van der Waals surface area contributed by atoms with Crippen LogP contribution in [0.4, 0.5) is 0 Å². The van der Waals surface area contributed by atoms with Crippen LogP contribution in [0.25, 0.3) is 32.0 Å². The Morgan fingerprint density at radius 3 is 1.37 bits per heavy atom. The van der Waals surface area contributed by atoms with Crippen LogP contribution in [0.5, 0.6) is 0 Å². The van der Waals surface area contributed by atoms with E-state index in [0.717, 1.165) is 11.0 Å². The molecule has 0 saturated heterocycles. The summed E-state index contributed by atoms with van der Waals surface area (Å²) in [6.45, 7) is 0. The molecule has 0 aliphatic rings. The third-order valence-corrected chi connectivity index (χ3v) is 11.1. The fourth-order valence-electron chi connectivity index (χ4n) is 5.42. The fraction of sp³-hybridized carbons (Fsp3) is 0. The lowest BCUT2D eigenvalue weighted by molar-refractivity contribution is 0.420. The van der Waals surface area contributed by atoms with Crippen LogP contribution in [0.1, 0.15) is 0 Å². The second kappa shape index (κ2) is 55.4. The first kappa shape index (κ1) is 71.0. The number of hydrogen-bond acceptors (Lipinski definition) is 21. The number of para-hydroxylation sites is 3. The van der Waals surface area contributed by atoms with Crippen molar-refractivity contribution in [2.45, 2.75) is 0 Å². The number of pyridine rings is 1. The van der Waals surface area contributed by atoms with E-state index in [1.54, 1.807) is 196 Å². The zero-order valence-corrected chi connectivity index (χ0v) is 51.1. The van der Waals surface area contributed by atoms with Gasteiger partial charge < -0.3 is 28.9 Å². The van der Waals surface area contributed by atoms with Gasteiger partial charge in [0.15, 0.2) is 0 Å². The third-order valence-electron chi connectivity index (χ3n) is 9.17. The molecular weight excluding hydrogens is 1210 g/mol. The molecule has 3 aromatic carbocycles. The van der Waals surface area contributed by atoms with Gasteiger partial charge in [0.25, 0.3) is 0 Å². The van der Waals surface area contributed by atoms with E-state index in [1.807, 2.05) is 95.8 Å². The van der Waals surface area contributed by atoms with Gasteiger partial charge in [-0.15, -0.1) is 22.7 Å². The van der Waals surface area contributed by atoms with E-state index in [4.69, 9.17) is 0 Å². The molecule has 24 nitrogen and oxygen atoms in total. The van der Waals surface area contributed by atoms with Crippen molar-refractivity contribution < 1.29 is 8.94 Å². The number of nitrogens with one attached hydrogen (secondary N) is 6. The number of fused-ring (bicyclic) bond motifs is 3. The molecule has 6 N–H and O–H groups in total. The Morgan fingerprint density at radius 2 is 1.02 bits per heavy atom. The molecule has 0 radical (unpaired) electrons. The van der Waals surface area contributed by atoms with Gasteiger partial charge in [0.1, 0.15) is 31.6 Å². The van der Waals surface area contributed by atoms with Crippen molar-refractivity contribution in [2.75, 3.05) is 0 Å².